The standard InChI is InChI=1S/C8H15FO.C3H9N/c1-4-5-8(9)10-6-7(2)3;1-4(2)3/h8H,2,4-6H2,1,3H3;1-3H3. The quantitative estimate of drug-likeness (QED) is 0.640. The molecule has 0 rings (SSSR count). The Balaban J connectivity index is 0. The van der Waals surface area contributed by atoms with Crippen molar-refractivity contribution in [1.29, 1.82) is 0 Å². The lowest BCUT2D eigenvalue weighted by molar-refractivity contribution is -0.0327. The second-order valence-electron chi connectivity index (χ2n) is 3.81. The fourth-order valence-corrected chi connectivity index (χ4v) is 0.543. The minimum Gasteiger partial charge on any atom is -0.344 e. The molecular weight excluding hydrogens is 181 g/mol. The largest absolute Gasteiger partial charge is 0.344 e. The van der Waals surface area contributed by atoms with Gasteiger partial charge in [0.1, 0.15) is 0 Å². The summed E-state index contributed by atoms with van der Waals surface area (Å²) in [4.78, 5) is 2.00. The minimum atomic E-state index is -1.11. The van der Waals surface area contributed by atoms with Crippen LogP contribution in [0.3, 0.4) is 0 Å². The molecule has 14 heavy (non-hydrogen) atoms. The van der Waals surface area contributed by atoms with Crippen molar-refractivity contribution < 1.29 is 9.13 Å². The van der Waals surface area contributed by atoms with Crippen LogP contribution in [0.15, 0.2) is 12.2 Å². The normalized spacial score (nSPS) is 11.9. The number of halogens is 1. The minimum absolute atomic E-state index is 0.334. The van der Waals surface area contributed by atoms with Gasteiger partial charge in [0.25, 0.3) is 0 Å². The smallest absolute Gasteiger partial charge is 0.199 e. The summed E-state index contributed by atoms with van der Waals surface area (Å²) >= 11 is 0. The van der Waals surface area contributed by atoms with Crippen LogP contribution in [-0.2, 0) is 4.74 Å². The molecule has 0 saturated carbocycles. The van der Waals surface area contributed by atoms with Crippen LogP contribution in [0.25, 0.3) is 0 Å². The number of rotatable bonds is 5. The van der Waals surface area contributed by atoms with Crippen LogP contribution in [-0.4, -0.2) is 39.0 Å². The molecule has 0 saturated heterocycles. The van der Waals surface area contributed by atoms with Crippen LogP contribution in [0, 0.1) is 0 Å². The molecule has 0 bridgehead atoms. The molecule has 86 valence electrons. The van der Waals surface area contributed by atoms with Crippen LogP contribution in [0.4, 0.5) is 4.39 Å². The summed E-state index contributed by atoms with van der Waals surface area (Å²) in [7, 11) is 6.00. The Kier molecular flexibility index (Phi) is 12.2. The van der Waals surface area contributed by atoms with Crippen LogP contribution >= 0.6 is 0 Å². The molecule has 0 fully saturated rings. The monoisotopic (exact) mass is 205 g/mol. The van der Waals surface area contributed by atoms with E-state index in [2.05, 4.69) is 6.58 Å². The van der Waals surface area contributed by atoms with E-state index in [1.807, 2.05) is 39.9 Å². The Morgan fingerprint density at radius 2 is 1.86 bits per heavy atom. The summed E-state index contributed by atoms with van der Waals surface area (Å²) < 4.78 is 17.3. The number of alkyl halides is 1. The predicted molar refractivity (Wildman–Crippen MR) is 60.2 cm³/mol. The highest BCUT2D eigenvalue weighted by molar-refractivity contribution is 4.87. The topological polar surface area (TPSA) is 12.5 Å². The molecule has 0 aromatic rings. The molecule has 1 atom stereocenters. The van der Waals surface area contributed by atoms with Gasteiger partial charge in [-0.05, 0) is 28.1 Å². The van der Waals surface area contributed by atoms with Crippen molar-refractivity contribution in [3.8, 4) is 0 Å². The molecule has 3 heteroatoms. The third-order valence-corrected chi connectivity index (χ3v) is 1.03. The molecule has 0 aromatic carbocycles. The molecule has 0 amide bonds. The summed E-state index contributed by atoms with van der Waals surface area (Å²) in [6.45, 7) is 7.68. The zero-order valence-electron chi connectivity index (χ0n) is 10.1. The molecule has 0 aliphatic heterocycles. The molecule has 0 radical (unpaired) electrons. The van der Waals surface area contributed by atoms with Gasteiger partial charge < -0.3 is 9.64 Å². The molecule has 2 nitrogen and oxygen atoms in total. The van der Waals surface area contributed by atoms with E-state index in [1.54, 1.807) is 0 Å². The van der Waals surface area contributed by atoms with E-state index in [0.29, 0.717) is 13.0 Å². The predicted octanol–water partition coefficient (Wildman–Crippen LogP) is 2.85. The van der Waals surface area contributed by atoms with E-state index in [1.165, 1.54) is 0 Å². The highest BCUT2D eigenvalue weighted by atomic mass is 19.1. The van der Waals surface area contributed by atoms with Gasteiger partial charge in [0.2, 0.25) is 0 Å². The maximum absolute atomic E-state index is 12.5. The highest BCUT2D eigenvalue weighted by Crippen LogP contribution is 2.04. The van der Waals surface area contributed by atoms with Crippen LogP contribution in [0.2, 0.25) is 0 Å². The molecular formula is C11H24FNO. The van der Waals surface area contributed by atoms with Gasteiger partial charge in [-0.3, -0.25) is 0 Å². The van der Waals surface area contributed by atoms with Gasteiger partial charge in [0.15, 0.2) is 6.36 Å². The summed E-state index contributed by atoms with van der Waals surface area (Å²) in [5.41, 5.74) is 0.860. The maximum atomic E-state index is 12.5. The Labute approximate surface area is 87.7 Å². The van der Waals surface area contributed by atoms with Gasteiger partial charge in [0, 0.05) is 6.42 Å². The van der Waals surface area contributed by atoms with Gasteiger partial charge in [-0.25, -0.2) is 4.39 Å². The van der Waals surface area contributed by atoms with Gasteiger partial charge in [-0.15, -0.1) is 0 Å². The van der Waals surface area contributed by atoms with Crippen molar-refractivity contribution in [1.82, 2.24) is 4.90 Å². The van der Waals surface area contributed by atoms with E-state index < -0.39 is 6.36 Å². The number of hydrogen-bond acceptors (Lipinski definition) is 2. The first-order chi connectivity index (χ1) is 6.40. The summed E-state index contributed by atoms with van der Waals surface area (Å²) in [5, 5.41) is 0. The lowest BCUT2D eigenvalue weighted by Gasteiger charge is -2.07. The zero-order chi connectivity index (χ0) is 11.6. The van der Waals surface area contributed by atoms with Crippen molar-refractivity contribution in [3.05, 3.63) is 12.2 Å². The second kappa shape index (κ2) is 10.7. The van der Waals surface area contributed by atoms with Crippen molar-refractivity contribution in [2.24, 2.45) is 0 Å². The Hall–Kier alpha value is -0.410. The van der Waals surface area contributed by atoms with Crippen LogP contribution < -0.4 is 0 Å². The first-order valence-electron chi connectivity index (χ1n) is 4.91. The Bertz CT molecular complexity index is 134. The molecule has 0 aromatic heterocycles. The van der Waals surface area contributed by atoms with Crippen molar-refractivity contribution >= 4 is 0 Å². The van der Waals surface area contributed by atoms with E-state index in [4.69, 9.17) is 4.74 Å². The zero-order valence-corrected chi connectivity index (χ0v) is 10.1. The second-order valence-corrected chi connectivity index (χ2v) is 3.81. The first-order valence-corrected chi connectivity index (χ1v) is 4.91. The molecule has 1 unspecified atom stereocenters. The summed E-state index contributed by atoms with van der Waals surface area (Å²) in [5.74, 6) is 0. The SMILES string of the molecule is C=C(C)COC(F)CCC.CN(C)C. The van der Waals surface area contributed by atoms with Crippen molar-refractivity contribution in [2.75, 3.05) is 27.7 Å². The first kappa shape index (κ1) is 16.0. The Morgan fingerprint density at radius 3 is 2.14 bits per heavy atom. The van der Waals surface area contributed by atoms with Gasteiger partial charge in [-0.2, -0.15) is 0 Å². The third kappa shape index (κ3) is 22.6. The fourth-order valence-electron chi connectivity index (χ4n) is 0.543. The van der Waals surface area contributed by atoms with Crippen molar-refractivity contribution in [2.45, 2.75) is 33.0 Å². The highest BCUT2D eigenvalue weighted by Gasteiger charge is 2.02. The van der Waals surface area contributed by atoms with Gasteiger partial charge in [-0.1, -0.05) is 25.5 Å². The lowest BCUT2D eigenvalue weighted by atomic mass is 10.3. The van der Waals surface area contributed by atoms with Crippen molar-refractivity contribution in [3.63, 3.8) is 0 Å². The third-order valence-electron chi connectivity index (χ3n) is 1.03. The summed E-state index contributed by atoms with van der Waals surface area (Å²) in [6.07, 6.45) is 0.187. The molecule has 0 heterocycles. The number of ether oxygens (including phenoxy) is 1. The van der Waals surface area contributed by atoms with Crippen LogP contribution in [0.1, 0.15) is 26.7 Å². The van der Waals surface area contributed by atoms with E-state index in [9.17, 15) is 4.39 Å². The lowest BCUT2D eigenvalue weighted by Crippen LogP contribution is -2.07. The van der Waals surface area contributed by atoms with E-state index in [-0.39, 0.29) is 0 Å². The van der Waals surface area contributed by atoms with E-state index >= 15 is 0 Å². The average molecular weight is 205 g/mol. The fraction of sp³-hybridized carbons (Fsp3) is 0.818. The summed E-state index contributed by atoms with van der Waals surface area (Å²) in [6, 6.07) is 0. The Morgan fingerprint density at radius 1 is 1.43 bits per heavy atom. The van der Waals surface area contributed by atoms with Gasteiger partial charge in [0.05, 0.1) is 6.61 Å². The maximum Gasteiger partial charge on any atom is 0.199 e. The molecule has 0 aliphatic rings. The van der Waals surface area contributed by atoms with Crippen LogP contribution in [0.5, 0.6) is 0 Å². The molecule has 0 aliphatic carbocycles. The number of hydrogen-bond donors (Lipinski definition) is 0. The molecule has 0 spiro atoms. The number of nitrogens with zero attached hydrogens (tertiary/aromatic N) is 1. The van der Waals surface area contributed by atoms with Gasteiger partial charge >= 0.3 is 0 Å². The average Bonchev–Trinajstić information content (AvgIpc) is 2.00. The van der Waals surface area contributed by atoms with E-state index in [0.717, 1.165) is 12.0 Å². The molecule has 0 N–H and O–H groups in total.